The van der Waals surface area contributed by atoms with E-state index < -0.39 is 11.4 Å². The third kappa shape index (κ3) is 2.83. The Balaban J connectivity index is 1.49. The molecule has 3 aliphatic rings. The fraction of sp³-hybridized carbons (Fsp3) is 0.579. The lowest BCUT2D eigenvalue weighted by molar-refractivity contribution is -0.157. The first-order valence-corrected chi connectivity index (χ1v) is 8.88. The van der Waals surface area contributed by atoms with Crippen LogP contribution in [0.15, 0.2) is 24.3 Å². The number of benzene rings is 1. The van der Waals surface area contributed by atoms with Gasteiger partial charge in [0, 0.05) is 25.6 Å². The van der Waals surface area contributed by atoms with Crippen LogP contribution in [0.3, 0.4) is 0 Å². The average Bonchev–Trinajstić information content (AvgIpc) is 3.03. The van der Waals surface area contributed by atoms with Crippen molar-refractivity contribution in [2.75, 3.05) is 32.9 Å². The summed E-state index contributed by atoms with van der Waals surface area (Å²) in [6.45, 7) is 2.22. The minimum absolute atomic E-state index is 0.0308. The van der Waals surface area contributed by atoms with Crippen molar-refractivity contribution in [3.05, 3.63) is 35.4 Å². The molecule has 1 aromatic rings. The third-order valence-electron chi connectivity index (χ3n) is 5.94. The SMILES string of the molecule is O=C(CC1OCCc2ccccc21)N1C[C@H]2COCC[C@@]2(C(=O)O)C1. The van der Waals surface area contributed by atoms with E-state index in [-0.39, 0.29) is 30.9 Å². The van der Waals surface area contributed by atoms with Crippen LogP contribution < -0.4 is 0 Å². The van der Waals surface area contributed by atoms with Crippen molar-refractivity contribution in [2.45, 2.75) is 25.4 Å². The molecular weight excluding hydrogens is 322 g/mol. The molecule has 1 N–H and O–H groups in total. The lowest BCUT2D eigenvalue weighted by Crippen LogP contribution is -2.45. The topological polar surface area (TPSA) is 76.1 Å². The van der Waals surface area contributed by atoms with Crippen molar-refractivity contribution in [3.8, 4) is 0 Å². The van der Waals surface area contributed by atoms with Gasteiger partial charge in [-0.2, -0.15) is 0 Å². The van der Waals surface area contributed by atoms with E-state index in [4.69, 9.17) is 9.47 Å². The van der Waals surface area contributed by atoms with Gasteiger partial charge in [0.1, 0.15) is 0 Å². The first-order valence-electron chi connectivity index (χ1n) is 8.88. The monoisotopic (exact) mass is 345 g/mol. The molecule has 0 spiro atoms. The third-order valence-corrected chi connectivity index (χ3v) is 5.94. The van der Waals surface area contributed by atoms with E-state index in [2.05, 4.69) is 6.07 Å². The number of carbonyl (C=O) groups is 2. The fourth-order valence-corrected chi connectivity index (χ4v) is 4.42. The Morgan fingerprint density at radius 2 is 2.12 bits per heavy atom. The van der Waals surface area contributed by atoms with Crippen molar-refractivity contribution < 1.29 is 24.2 Å². The molecule has 1 unspecified atom stereocenters. The van der Waals surface area contributed by atoms with Crippen LogP contribution in [0.25, 0.3) is 0 Å². The molecule has 4 rings (SSSR count). The van der Waals surface area contributed by atoms with Crippen LogP contribution >= 0.6 is 0 Å². The van der Waals surface area contributed by atoms with Gasteiger partial charge in [-0.15, -0.1) is 0 Å². The molecule has 3 heterocycles. The Morgan fingerprint density at radius 1 is 1.28 bits per heavy atom. The molecule has 6 nitrogen and oxygen atoms in total. The van der Waals surface area contributed by atoms with Gasteiger partial charge in [0.25, 0.3) is 0 Å². The smallest absolute Gasteiger partial charge is 0.311 e. The van der Waals surface area contributed by atoms with Crippen molar-refractivity contribution in [2.24, 2.45) is 11.3 Å². The molecule has 0 aliphatic carbocycles. The second-order valence-corrected chi connectivity index (χ2v) is 7.27. The van der Waals surface area contributed by atoms with E-state index >= 15 is 0 Å². The van der Waals surface area contributed by atoms with Crippen LogP contribution in [0.4, 0.5) is 0 Å². The summed E-state index contributed by atoms with van der Waals surface area (Å²) >= 11 is 0. The highest BCUT2D eigenvalue weighted by molar-refractivity contribution is 5.81. The van der Waals surface area contributed by atoms with Crippen molar-refractivity contribution in [1.29, 1.82) is 0 Å². The molecule has 2 saturated heterocycles. The Kier molecular flexibility index (Phi) is 4.25. The largest absolute Gasteiger partial charge is 0.481 e. The zero-order chi connectivity index (χ0) is 17.4. The van der Waals surface area contributed by atoms with Crippen LogP contribution in [0.5, 0.6) is 0 Å². The number of amides is 1. The number of nitrogens with zero attached hydrogens (tertiary/aromatic N) is 1. The standard InChI is InChI=1S/C19H23NO5/c21-17(9-16-15-4-2-1-3-13(15)5-7-25-16)20-10-14-11-24-8-6-19(14,12-20)18(22)23/h1-4,14,16H,5-12H2,(H,22,23)/t14-,16?,19+/m0/s1. The number of fused-ring (bicyclic) bond motifs is 2. The number of carboxylic acid groups (broad SMARTS) is 1. The lowest BCUT2D eigenvalue weighted by Gasteiger charge is -2.33. The Bertz CT molecular complexity index is 690. The van der Waals surface area contributed by atoms with E-state index in [9.17, 15) is 14.7 Å². The first kappa shape index (κ1) is 16.5. The number of aliphatic carboxylic acids is 1. The van der Waals surface area contributed by atoms with Crippen LogP contribution in [0, 0.1) is 11.3 Å². The minimum atomic E-state index is -0.848. The maximum Gasteiger partial charge on any atom is 0.311 e. The molecule has 2 fully saturated rings. The van der Waals surface area contributed by atoms with Gasteiger partial charge in [0.05, 0.1) is 31.2 Å². The van der Waals surface area contributed by atoms with Gasteiger partial charge in [-0.25, -0.2) is 0 Å². The van der Waals surface area contributed by atoms with Gasteiger partial charge >= 0.3 is 5.97 Å². The number of hydrogen-bond acceptors (Lipinski definition) is 4. The Labute approximate surface area is 146 Å². The Hall–Kier alpha value is -1.92. The van der Waals surface area contributed by atoms with Crippen LogP contribution in [0.2, 0.25) is 0 Å². The summed E-state index contributed by atoms with van der Waals surface area (Å²) in [4.78, 5) is 26.4. The molecular formula is C19H23NO5. The predicted octanol–water partition coefficient (Wildman–Crippen LogP) is 1.64. The molecule has 134 valence electrons. The van der Waals surface area contributed by atoms with Gasteiger partial charge in [-0.3, -0.25) is 9.59 Å². The van der Waals surface area contributed by atoms with Gasteiger partial charge in [0.2, 0.25) is 5.91 Å². The summed E-state index contributed by atoms with van der Waals surface area (Å²) in [6.07, 6.45) is 1.36. The van der Waals surface area contributed by atoms with E-state index in [0.29, 0.717) is 32.8 Å². The highest BCUT2D eigenvalue weighted by Gasteiger charge is 2.54. The molecule has 0 saturated carbocycles. The summed E-state index contributed by atoms with van der Waals surface area (Å²) in [7, 11) is 0. The molecule has 0 aromatic heterocycles. The highest BCUT2D eigenvalue weighted by atomic mass is 16.5. The number of carboxylic acids is 1. The second kappa shape index (κ2) is 6.42. The molecule has 3 aliphatic heterocycles. The average molecular weight is 345 g/mol. The van der Waals surface area contributed by atoms with Gasteiger partial charge < -0.3 is 19.5 Å². The zero-order valence-electron chi connectivity index (χ0n) is 14.1. The minimum Gasteiger partial charge on any atom is -0.481 e. The summed E-state index contributed by atoms with van der Waals surface area (Å²) in [5, 5.41) is 9.73. The number of rotatable bonds is 3. The van der Waals surface area contributed by atoms with Crippen LogP contribution in [-0.4, -0.2) is 54.8 Å². The second-order valence-electron chi connectivity index (χ2n) is 7.27. The molecule has 6 heteroatoms. The maximum atomic E-state index is 12.8. The number of likely N-dealkylation sites (tertiary alicyclic amines) is 1. The van der Waals surface area contributed by atoms with Gasteiger partial charge in [-0.05, 0) is 24.0 Å². The van der Waals surface area contributed by atoms with Gasteiger partial charge in [-0.1, -0.05) is 24.3 Å². The summed E-state index contributed by atoms with van der Waals surface area (Å²) in [5.74, 6) is -0.964. The van der Waals surface area contributed by atoms with Crippen LogP contribution in [-0.2, 0) is 25.5 Å². The zero-order valence-corrected chi connectivity index (χ0v) is 14.1. The molecule has 25 heavy (non-hydrogen) atoms. The Morgan fingerprint density at radius 3 is 2.92 bits per heavy atom. The molecule has 1 amide bonds. The molecule has 3 atom stereocenters. The van der Waals surface area contributed by atoms with Crippen molar-refractivity contribution in [3.63, 3.8) is 0 Å². The van der Waals surface area contributed by atoms with Crippen molar-refractivity contribution >= 4 is 11.9 Å². The van der Waals surface area contributed by atoms with E-state index in [0.717, 1.165) is 12.0 Å². The summed E-state index contributed by atoms with van der Waals surface area (Å²) in [6, 6.07) is 8.07. The number of ether oxygens (including phenoxy) is 2. The number of carbonyl (C=O) groups excluding carboxylic acids is 1. The maximum absolute atomic E-state index is 12.8. The highest BCUT2D eigenvalue weighted by Crippen LogP contribution is 2.43. The number of hydrogen-bond donors (Lipinski definition) is 1. The normalized spacial score (nSPS) is 31.3. The quantitative estimate of drug-likeness (QED) is 0.901. The van der Waals surface area contributed by atoms with Crippen molar-refractivity contribution in [1.82, 2.24) is 4.90 Å². The molecule has 1 aromatic carbocycles. The first-order chi connectivity index (χ1) is 12.1. The van der Waals surface area contributed by atoms with E-state index in [1.54, 1.807) is 4.90 Å². The lowest BCUT2D eigenvalue weighted by atomic mass is 9.74. The molecule has 0 bridgehead atoms. The predicted molar refractivity (Wildman–Crippen MR) is 89.0 cm³/mol. The van der Waals surface area contributed by atoms with Crippen LogP contribution in [0.1, 0.15) is 30.1 Å². The summed E-state index contributed by atoms with van der Waals surface area (Å²) in [5.41, 5.74) is 1.46. The summed E-state index contributed by atoms with van der Waals surface area (Å²) < 4.78 is 11.3. The molecule has 0 radical (unpaired) electrons. The van der Waals surface area contributed by atoms with Gasteiger partial charge in [0.15, 0.2) is 0 Å². The van der Waals surface area contributed by atoms with E-state index in [1.807, 2.05) is 18.2 Å². The van der Waals surface area contributed by atoms with E-state index in [1.165, 1.54) is 5.56 Å². The fourth-order valence-electron chi connectivity index (χ4n) is 4.42.